The van der Waals surface area contributed by atoms with Gasteiger partial charge >= 0.3 is 0 Å². The van der Waals surface area contributed by atoms with Crippen molar-refractivity contribution >= 4 is 15.9 Å². The molecule has 1 atom stereocenters. The Morgan fingerprint density at radius 2 is 1.76 bits per heavy atom. The van der Waals surface area contributed by atoms with Crippen LogP contribution >= 0.6 is 0 Å². The zero-order chi connectivity index (χ0) is 21.0. The molecule has 0 unspecified atom stereocenters. The molecule has 0 aromatic heterocycles. The van der Waals surface area contributed by atoms with Gasteiger partial charge in [0.25, 0.3) is 0 Å². The maximum absolute atomic E-state index is 12.8. The van der Waals surface area contributed by atoms with Crippen molar-refractivity contribution in [1.29, 1.82) is 0 Å². The standard InChI is InChI=1S/C21H26N2O5S/c1-14(2)10-18(23-29(25,26)17-7-4-15(3)5-8-17)21(24)22-12-16-6-9-19-20(11-16)28-13-27-19/h4-9,11,14,18,23H,10,12-13H2,1-3H3,(H,22,24)/t18-/m0/s1. The summed E-state index contributed by atoms with van der Waals surface area (Å²) in [5, 5.41) is 2.82. The van der Waals surface area contributed by atoms with E-state index in [1.54, 1.807) is 24.3 Å². The lowest BCUT2D eigenvalue weighted by atomic mass is 10.0. The van der Waals surface area contributed by atoms with Gasteiger partial charge in [-0.1, -0.05) is 37.6 Å². The average Bonchev–Trinajstić information content (AvgIpc) is 3.13. The van der Waals surface area contributed by atoms with E-state index >= 15 is 0 Å². The van der Waals surface area contributed by atoms with Crippen LogP contribution in [0.3, 0.4) is 0 Å². The van der Waals surface area contributed by atoms with Gasteiger partial charge in [-0.25, -0.2) is 8.42 Å². The van der Waals surface area contributed by atoms with Crippen LogP contribution in [0.4, 0.5) is 0 Å². The Hall–Kier alpha value is -2.58. The van der Waals surface area contributed by atoms with E-state index in [9.17, 15) is 13.2 Å². The topological polar surface area (TPSA) is 93.7 Å². The van der Waals surface area contributed by atoms with Crippen molar-refractivity contribution < 1.29 is 22.7 Å². The Bertz CT molecular complexity index is 971. The Morgan fingerprint density at radius 1 is 1.07 bits per heavy atom. The molecule has 2 aromatic rings. The third-order valence-corrected chi connectivity index (χ3v) is 6.04. The first kappa shape index (κ1) is 21.1. The quantitative estimate of drug-likeness (QED) is 0.688. The second-order valence-corrected chi connectivity index (χ2v) is 9.24. The fourth-order valence-corrected chi connectivity index (χ4v) is 4.22. The van der Waals surface area contributed by atoms with Gasteiger partial charge in [-0.3, -0.25) is 4.79 Å². The number of amides is 1. The summed E-state index contributed by atoms with van der Waals surface area (Å²) in [6.07, 6.45) is 0.387. The van der Waals surface area contributed by atoms with E-state index in [4.69, 9.17) is 9.47 Å². The van der Waals surface area contributed by atoms with E-state index in [-0.39, 0.29) is 30.1 Å². The summed E-state index contributed by atoms with van der Waals surface area (Å²) >= 11 is 0. The van der Waals surface area contributed by atoms with Crippen LogP contribution in [-0.4, -0.2) is 27.2 Å². The van der Waals surface area contributed by atoms with Gasteiger partial charge in [0.2, 0.25) is 22.7 Å². The summed E-state index contributed by atoms with van der Waals surface area (Å²) in [7, 11) is -3.81. The molecular weight excluding hydrogens is 392 g/mol. The molecule has 8 heteroatoms. The third-order valence-electron chi connectivity index (χ3n) is 4.56. The van der Waals surface area contributed by atoms with E-state index in [1.807, 2.05) is 26.8 Å². The summed E-state index contributed by atoms with van der Waals surface area (Å²) in [6.45, 7) is 6.21. The first-order valence-corrected chi connectivity index (χ1v) is 11.0. The Kier molecular flexibility index (Phi) is 6.44. The summed E-state index contributed by atoms with van der Waals surface area (Å²) in [5.41, 5.74) is 1.80. The number of fused-ring (bicyclic) bond motifs is 1. The van der Waals surface area contributed by atoms with Gasteiger partial charge in [0.15, 0.2) is 11.5 Å². The average molecular weight is 419 g/mol. The number of aryl methyl sites for hydroxylation is 1. The minimum absolute atomic E-state index is 0.136. The van der Waals surface area contributed by atoms with Crippen molar-refractivity contribution in [3.05, 3.63) is 53.6 Å². The van der Waals surface area contributed by atoms with E-state index < -0.39 is 16.1 Å². The van der Waals surface area contributed by atoms with Crippen molar-refractivity contribution in [1.82, 2.24) is 10.0 Å². The number of hydrogen-bond donors (Lipinski definition) is 2. The van der Waals surface area contributed by atoms with Crippen LogP contribution in [0.5, 0.6) is 11.5 Å². The highest BCUT2D eigenvalue weighted by atomic mass is 32.2. The van der Waals surface area contributed by atoms with Gasteiger partial charge in [-0.2, -0.15) is 4.72 Å². The lowest BCUT2D eigenvalue weighted by Crippen LogP contribution is -2.47. The molecule has 29 heavy (non-hydrogen) atoms. The molecule has 0 spiro atoms. The van der Waals surface area contributed by atoms with Gasteiger partial charge < -0.3 is 14.8 Å². The molecule has 1 aliphatic heterocycles. The summed E-state index contributed by atoms with van der Waals surface area (Å²) in [4.78, 5) is 12.9. The molecule has 0 fully saturated rings. The number of benzene rings is 2. The second kappa shape index (κ2) is 8.84. The van der Waals surface area contributed by atoms with Gasteiger partial charge in [0.1, 0.15) is 6.04 Å². The van der Waals surface area contributed by atoms with E-state index in [1.165, 1.54) is 12.1 Å². The van der Waals surface area contributed by atoms with Gasteiger partial charge in [-0.15, -0.1) is 0 Å². The largest absolute Gasteiger partial charge is 0.454 e. The number of ether oxygens (including phenoxy) is 2. The number of sulfonamides is 1. The van der Waals surface area contributed by atoms with Crippen molar-refractivity contribution in [3.8, 4) is 11.5 Å². The number of carbonyl (C=O) groups excluding carboxylic acids is 1. The molecule has 3 rings (SSSR count). The minimum atomic E-state index is -3.81. The number of rotatable bonds is 8. The molecule has 7 nitrogen and oxygen atoms in total. The van der Waals surface area contributed by atoms with Crippen LogP contribution in [0.25, 0.3) is 0 Å². The molecule has 1 heterocycles. The lowest BCUT2D eigenvalue weighted by molar-refractivity contribution is -0.123. The maximum Gasteiger partial charge on any atom is 0.241 e. The fourth-order valence-electron chi connectivity index (χ4n) is 3.02. The van der Waals surface area contributed by atoms with Crippen molar-refractivity contribution in [2.45, 2.75) is 44.7 Å². The number of carbonyl (C=O) groups is 1. The Labute approximate surface area is 171 Å². The third kappa shape index (κ3) is 5.48. The van der Waals surface area contributed by atoms with Crippen molar-refractivity contribution in [2.75, 3.05) is 6.79 Å². The van der Waals surface area contributed by atoms with Crippen molar-refractivity contribution in [2.24, 2.45) is 5.92 Å². The molecular formula is C21H26N2O5S. The van der Waals surface area contributed by atoms with E-state index in [2.05, 4.69) is 10.0 Å². The molecule has 1 aliphatic rings. The second-order valence-electron chi connectivity index (χ2n) is 7.52. The predicted octanol–water partition coefficient (Wildman–Crippen LogP) is 2.73. The van der Waals surface area contributed by atoms with E-state index in [0.717, 1.165) is 11.1 Å². The normalized spacial score (nSPS) is 14.1. The first-order valence-electron chi connectivity index (χ1n) is 9.50. The SMILES string of the molecule is Cc1ccc(S(=O)(=O)N[C@@H](CC(C)C)C(=O)NCc2ccc3c(c2)OCO3)cc1. The highest BCUT2D eigenvalue weighted by Crippen LogP contribution is 2.32. The number of hydrogen-bond acceptors (Lipinski definition) is 5. The molecule has 0 aliphatic carbocycles. The summed E-state index contributed by atoms with van der Waals surface area (Å²) in [6, 6.07) is 11.1. The van der Waals surface area contributed by atoms with Gasteiger partial charge in [0, 0.05) is 6.54 Å². The molecule has 1 amide bonds. The van der Waals surface area contributed by atoms with Crippen molar-refractivity contribution in [3.63, 3.8) is 0 Å². The smallest absolute Gasteiger partial charge is 0.241 e. The monoisotopic (exact) mass is 418 g/mol. The van der Waals surface area contributed by atoms with E-state index in [0.29, 0.717) is 17.9 Å². The molecule has 0 saturated heterocycles. The molecule has 156 valence electrons. The minimum Gasteiger partial charge on any atom is -0.454 e. The predicted molar refractivity (Wildman–Crippen MR) is 109 cm³/mol. The lowest BCUT2D eigenvalue weighted by Gasteiger charge is -2.20. The Morgan fingerprint density at radius 3 is 2.45 bits per heavy atom. The number of nitrogens with one attached hydrogen (secondary N) is 2. The zero-order valence-electron chi connectivity index (χ0n) is 16.8. The van der Waals surface area contributed by atoms with Gasteiger partial charge in [0.05, 0.1) is 4.90 Å². The molecule has 0 saturated carbocycles. The molecule has 0 radical (unpaired) electrons. The highest BCUT2D eigenvalue weighted by molar-refractivity contribution is 7.89. The summed E-state index contributed by atoms with van der Waals surface area (Å²) < 4.78 is 38.6. The van der Waals surface area contributed by atoms with Crippen LogP contribution in [0.15, 0.2) is 47.4 Å². The molecule has 2 aromatic carbocycles. The van der Waals surface area contributed by atoms with Crippen LogP contribution < -0.4 is 19.5 Å². The van der Waals surface area contributed by atoms with Crippen LogP contribution in [-0.2, 0) is 21.4 Å². The first-order chi connectivity index (χ1) is 13.7. The molecule has 2 N–H and O–H groups in total. The fraction of sp³-hybridized carbons (Fsp3) is 0.381. The van der Waals surface area contributed by atoms with Gasteiger partial charge in [-0.05, 0) is 49.1 Å². The van der Waals surface area contributed by atoms with Crippen LogP contribution in [0.2, 0.25) is 0 Å². The summed E-state index contributed by atoms with van der Waals surface area (Å²) in [5.74, 6) is 1.07. The van der Waals surface area contributed by atoms with Crippen LogP contribution in [0, 0.1) is 12.8 Å². The molecule has 0 bridgehead atoms. The maximum atomic E-state index is 12.8. The highest BCUT2D eigenvalue weighted by Gasteiger charge is 2.26. The zero-order valence-corrected chi connectivity index (χ0v) is 17.6. The Balaban J connectivity index is 1.68. The van der Waals surface area contributed by atoms with Crippen LogP contribution in [0.1, 0.15) is 31.4 Å².